The van der Waals surface area contributed by atoms with Crippen molar-refractivity contribution in [1.82, 2.24) is 0 Å². The smallest absolute Gasteiger partial charge is 0.00773 e. The van der Waals surface area contributed by atoms with E-state index in [1.807, 2.05) is 0 Å². The Morgan fingerprint density at radius 2 is 1.45 bits per heavy atom. The lowest BCUT2D eigenvalue weighted by Crippen LogP contribution is -2.02. The molecule has 0 spiro atoms. The van der Waals surface area contributed by atoms with Crippen LogP contribution in [0.15, 0.2) is 18.2 Å². The summed E-state index contributed by atoms with van der Waals surface area (Å²) in [6, 6.07) is 6.72. The van der Waals surface area contributed by atoms with Gasteiger partial charge in [0.2, 0.25) is 0 Å². The van der Waals surface area contributed by atoms with E-state index in [-0.39, 0.29) is 0 Å². The third-order valence-corrected chi connectivity index (χ3v) is 5.58. The standard InChI is InChI=1S/C18H32NP/c1-16-12-11-13-18(17(16)2)20-15-10-8-6-4-3-5-7-9-14-19/h11-13,20H,3-10,14-15,19H2,1-2H3. The first-order chi connectivity index (χ1) is 9.75. The van der Waals surface area contributed by atoms with Crippen LogP contribution in [0.2, 0.25) is 0 Å². The summed E-state index contributed by atoms with van der Waals surface area (Å²) in [4.78, 5) is 0. The van der Waals surface area contributed by atoms with Gasteiger partial charge in [0.25, 0.3) is 0 Å². The fourth-order valence-corrected chi connectivity index (χ4v) is 3.87. The largest absolute Gasteiger partial charge is 0.330 e. The summed E-state index contributed by atoms with van der Waals surface area (Å²) in [5.41, 5.74) is 8.44. The molecule has 0 aliphatic rings. The SMILES string of the molecule is Cc1cccc(PCCCCCCCCCCN)c1C. The second kappa shape index (κ2) is 11.3. The zero-order valence-corrected chi connectivity index (χ0v) is 14.4. The molecule has 1 atom stereocenters. The molecule has 114 valence electrons. The molecule has 1 aromatic carbocycles. The maximum Gasteiger partial charge on any atom is -0.00773 e. The molecular weight excluding hydrogens is 261 g/mol. The summed E-state index contributed by atoms with van der Waals surface area (Å²) in [5, 5.41) is 1.58. The summed E-state index contributed by atoms with van der Waals surface area (Å²) < 4.78 is 0. The molecule has 0 heterocycles. The van der Waals surface area contributed by atoms with Gasteiger partial charge in [0, 0.05) is 0 Å². The Balaban J connectivity index is 1.98. The molecule has 0 aromatic heterocycles. The summed E-state index contributed by atoms with van der Waals surface area (Å²) in [5.74, 6) is 0. The summed E-state index contributed by atoms with van der Waals surface area (Å²) in [6.07, 6.45) is 12.3. The summed E-state index contributed by atoms with van der Waals surface area (Å²) in [7, 11) is 0.998. The number of unbranched alkanes of at least 4 members (excludes halogenated alkanes) is 7. The Hall–Kier alpha value is -0.390. The first-order valence-electron chi connectivity index (χ1n) is 8.26. The van der Waals surface area contributed by atoms with Gasteiger partial charge in [0.05, 0.1) is 0 Å². The average Bonchev–Trinajstić information content (AvgIpc) is 2.45. The molecule has 0 bridgehead atoms. The number of hydrogen-bond acceptors (Lipinski definition) is 1. The van der Waals surface area contributed by atoms with Crippen LogP contribution in [-0.2, 0) is 0 Å². The minimum atomic E-state index is 0.860. The van der Waals surface area contributed by atoms with Gasteiger partial charge in [-0.1, -0.05) is 65.3 Å². The van der Waals surface area contributed by atoms with E-state index in [2.05, 4.69) is 32.0 Å². The van der Waals surface area contributed by atoms with E-state index >= 15 is 0 Å². The van der Waals surface area contributed by atoms with Crippen LogP contribution in [0.4, 0.5) is 0 Å². The lowest BCUT2D eigenvalue weighted by Gasteiger charge is -2.08. The third-order valence-electron chi connectivity index (χ3n) is 4.05. The molecule has 2 heteroatoms. The maximum absolute atomic E-state index is 5.49. The highest BCUT2D eigenvalue weighted by molar-refractivity contribution is 7.47. The fourth-order valence-electron chi connectivity index (χ4n) is 2.50. The van der Waals surface area contributed by atoms with Crippen molar-refractivity contribution in [2.24, 2.45) is 5.73 Å². The summed E-state index contributed by atoms with van der Waals surface area (Å²) >= 11 is 0. The quantitative estimate of drug-likeness (QED) is 0.465. The maximum atomic E-state index is 5.49. The Bertz CT molecular complexity index is 362. The highest BCUT2D eigenvalue weighted by atomic mass is 31.1. The number of nitrogens with two attached hydrogens (primary N) is 1. The van der Waals surface area contributed by atoms with Gasteiger partial charge in [-0.15, -0.1) is 0 Å². The van der Waals surface area contributed by atoms with Crippen molar-refractivity contribution in [1.29, 1.82) is 0 Å². The zero-order valence-electron chi connectivity index (χ0n) is 13.4. The molecule has 1 rings (SSSR count). The number of hydrogen-bond donors (Lipinski definition) is 1. The highest BCUT2D eigenvalue weighted by Gasteiger charge is 2.00. The van der Waals surface area contributed by atoms with Gasteiger partial charge >= 0.3 is 0 Å². The molecule has 2 N–H and O–H groups in total. The average molecular weight is 293 g/mol. The van der Waals surface area contributed by atoms with E-state index in [1.165, 1.54) is 68.7 Å². The molecule has 0 radical (unpaired) electrons. The van der Waals surface area contributed by atoms with Gasteiger partial charge in [-0.05, 0) is 55.8 Å². The molecule has 0 saturated carbocycles. The molecule has 0 saturated heterocycles. The molecule has 0 aliphatic heterocycles. The Kier molecular flexibility index (Phi) is 9.97. The van der Waals surface area contributed by atoms with Crippen LogP contribution in [0.3, 0.4) is 0 Å². The molecule has 1 unspecified atom stereocenters. The van der Waals surface area contributed by atoms with Crippen LogP contribution in [0.25, 0.3) is 0 Å². The normalized spacial score (nSPS) is 11.6. The van der Waals surface area contributed by atoms with Gasteiger partial charge in [0.1, 0.15) is 0 Å². The fraction of sp³-hybridized carbons (Fsp3) is 0.667. The number of rotatable bonds is 11. The molecule has 1 aromatic rings. The molecule has 1 nitrogen and oxygen atoms in total. The second-order valence-corrected chi connectivity index (χ2v) is 7.18. The Labute approximate surface area is 127 Å². The predicted molar refractivity (Wildman–Crippen MR) is 94.7 cm³/mol. The Morgan fingerprint density at radius 3 is 2.10 bits per heavy atom. The van der Waals surface area contributed by atoms with Gasteiger partial charge in [0.15, 0.2) is 0 Å². The van der Waals surface area contributed by atoms with Crippen LogP contribution in [-0.4, -0.2) is 12.7 Å². The van der Waals surface area contributed by atoms with E-state index in [4.69, 9.17) is 5.73 Å². The predicted octanol–water partition coefficient (Wildman–Crippen LogP) is 4.69. The van der Waals surface area contributed by atoms with Crippen molar-refractivity contribution in [2.45, 2.75) is 65.2 Å². The van der Waals surface area contributed by atoms with Crippen LogP contribution in [0.1, 0.15) is 62.5 Å². The zero-order chi connectivity index (χ0) is 14.6. The van der Waals surface area contributed by atoms with Crippen molar-refractivity contribution in [3.8, 4) is 0 Å². The van der Waals surface area contributed by atoms with E-state index in [9.17, 15) is 0 Å². The minimum Gasteiger partial charge on any atom is -0.330 e. The lowest BCUT2D eigenvalue weighted by molar-refractivity contribution is 0.579. The first-order valence-corrected chi connectivity index (χ1v) is 9.46. The van der Waals surface area contributed by atoms with Crippen molar-refractivity contribution in [3.63, 3.8) is 0 Å². The number of benzene rings is 1. The van der Waals surface area contributed by atoms with Crippen LogP contribution in [0, 0.1) is 13.8 Å². The molecule has 0 fully saturated rings. The van der Waals surface area contributed by atoms with Gasteiger partial charge in [-0.25, -0.2) is 0 Å². The van der Waals surface area contributed by atoms with Crippen molar-refractivity contribution in [2.75, 3.05) is 12.7 Å². The topological polar surface area (TPSA) is 26.0 Å². The van der Waals surface area contributed by atoms with Crippen LogP contribution < -0.4 is 11.0 Å². The van der Waals surface area contributed by atoms with Crippen molar-refractivity contribution < 1.29 is 0 Å². The van der Waals surface area contributed by atoms with E-state index in [0.29, 0.717) is 0 Å². The van der Waals surface area contributed by atoms with Crippen molar-refractivity contribution >= 4 is 13.9 Å². The first kappa shape index (κ1) is 17.7. The van der Waals surface area contributed by atoms with Crippen LogP contribution >= 0.6 is 8.58 Å². The Morgan fingerprint density at radius 1 is 0.850 bits per heavy atom. The van der Waals surface area contributed by atoms with Crippen molar-refractivity contribution in [3.05, 3.63) is 29.3 Å². The highest BCUT2D eigenvalue weighted by Crippen LogP contribution is 2.18. The van der Waals surface area contributed by atoms with E-state index < -0.39 is 0 Å². The van der Waals surface area contributed by atoms with Gasteiger partial charge < -0.3 is 5.73 Å². The monoisotopic (exact) mass is 293 g/mol. The van der Waals surface area contributed by atoms with E-state index in [1.54, 1.807) is 5.30 Å². The number of aryl methyl sites for hydroxylation is 1. The minimum absolute atomic E-state index is 0.860. The molecule has 20 heavy (non-hydrogen) atoms. The summed E-state index contributed by atoms with van der Waals surface area (Å²) in [6.45, 7) is 5.34. The van der Waals surface area contributed by atoms with Crippen LogP contribution in [0.5, 0.6) is 0 Å². The second-order valence-electron chi connectivity index (χ2n) is 5.79. The lowest BCUT2D eigenvalue weighted by atomic mass is 10.1. The van der Waals surface area contributed by atoms with E-state index in [0.717, 1.165) is 15.1 Å². The molecular formula is C18H32NP. The van der Waals surface area contributed by atoms with Gasteiger partial charge in [-0.3, -0.25) is 0 Å². The third kappa shape index (κ3) is 7.41. The molecule has 0 aliphatic carbocycles. The van der Waals surface area contributed by atoms with Gasteiger partial charge in [-0.2, -0.15) is 0 Å². The molecule has 0 amide bonds.